The Balaban J connectivity index is 2.51. The molecule has 2 rings (SSSR count). The Morgan fingerprint density at radius 1 is 1.29 bits per heavy atom. The number of nitrogens with two attached hydrogens (primary N) is 1. The maximum absolute atomic E-state index is 12.3. The number of hydrogen-bond acceptors (Lipinski definition) is 3. The van der Waals surface area contributed by atoms with Crippen LogP contribution in [-0.2, 0) is 0 Å². The van der Waals surface area contributed by atoms with Crippen molar-refractivity contribution in [2.24, 2.45) is 0 Å². The molecule has 0 amide bonds. The second-order valence-corrected chi connectivity index (χ2v) is 6.98. The minimum Gasteiger partial charge on any atom is -0.398 e. The Morgan fingerprint density at radius 2 is 2.00 bits per heavy atom. The van der Waals surface area contributed by atoms with Crippen LogP contribution in [-0.4, -0.2) is 5.78 Å². The molecule has 2 nitrogen and oxygen atoms in total. The number of carbonyl (C=O) groups excluding carboxylic acids is 1. The third kappa shape index (κ3) is 2.61. The van der Waals surface area contributed by atoms with Gasteiger partial charge >= 0.3 is 0 Å². The Bertz CT molecular complexity index is 592. The van der Waals surface area contributed by atoms with Crippen LogP contribution in [0.15, 0.2) is 32.5 Å². The quantitative estimate of drug-likeness (QED) is 0.625. The van der Waals surface area contributed by atoms with Gasteiger partial charge in [0, 0.05) is 15.7 Å². The van der Waals surface area contributed by atoms with Crippen molar-refractivity contribution in [3.63, 3.8) is 0 Å². The van der Waals surface area contributed by atoms with Gasteiger partial charge in [0.15, 0.2) is 0 Å². The van der Waals surface area contributed by atoms with Gasteiger partial charge in [0.25, 0.3) is 0 Å². The van der Waals surface area contributed by atoms with E-state index in [9.17, 15) is 4.79 Å². The van der Waals surface area contributed by atoms with Crippen molar-refractivity contribution in [1.82, 2.24) is 0 Å². The number of anilines is 1. The summed E-state index contributed by atoms with van der Waals surface area (Å²) in [5.41, 5.74) is 7.94. The van der Waals surface area contributed by atoms with Gasteiger partial charge in [-0.3, -0.25) is 4.79 Å². The van der Waals surface area contributed by atoms with E-state index >= 15 is 0 Å². The number of benzene rings is 1. The second-order valence-electron chi connectivity index (χ2n) is 3.60. The van der Waals surface area contributed by atoms with E-state index in [-0.39, 0.29) is 5.78 Å². The van der Waals surface area contributed by atoms with Gasteiger partial charge in [0.05, 0.1) is 8.66 Å². The minimum absolute atomic E-state index is 0.00574. The number of hydrogen-bond donors (Lipinski definition) is 1. The van der Waals surface area contributed by atoms with Crippen molar-refractivity contribution in [3.8, 4) is 0 Å². The minimum atomic E-state index is 0.00574. The fourth-order valence-corrected chi connectivity index (χ4v) is 3.32. The fourth-order valence-electron chi connectivity index (χ4n) is 1.51. The first-order chi connectivity index (χ1) is 7.99. The molecule has 17 heavy (non-hydrogen) atoms. The molecule has 0 aliphatic heterocycles. The molecule has 0 bridgehead atoms. The summed E-state index contributed by atoms with van der Waals surface area (Å²) in [5, 5.41) is 0. The highest BCUT2D eigenvalue weighted by Crippen LogP contribution is 2.28. The molecule has 1 aromatic heterocycles. The van der Waals surface area contributed by atoms with Crippen molar-refractivity contribution < 1.29 is 4.79 Å². The Hall–Kier alpha value is -0.650. The van der Waals surface area contributed by atoms with Crippen LogP contribution in [0.5, 0.6) is 0 Å². The van der Waals surface area contributed by atoms with Crippen molar-refractivity contribution in [2.75, 3.05) is 5.73 Å². The van der Waals surface area contributed by atoms with E-state index in [0.717, 1.165) is 13.8 Å². The van der Waals surface area contributed by atoms with Gasteiger partial charge in [-0.2, -0.15) is 0 Å². The summed E-state index contributed by atoms with van der Waals surface area (Å²) in [6, 6.07) is 7.29. The number of ketones is 1. The topological polar surface area (TPSA) is 43.1 Å². The molecule has 2 N–H and O–H groups in total. The van der Waals surface area contributed by atoms with Gasteiger partial charge in [0.2, 0.25) is 5.78 Å². The Morgan fingerprint density at radius 3 is 2.59 bits per heavy atom. The Kier molecular flexibility index (Phi) is 3.70. The first-order valence-corrected chi connectivity index (χ1v) is 7.25. The number of halogens is 2. The SMILES string of the molecule is Cc1c(N)cc(Br)cc1C(=O)c1ccc(Br)s1. The van der Waals surface area contributed by atoms with E-state index in [1.54, 1.807) is 6.07 Å². The van der Waals surface area contributed by atoms with E-state index in [2.05, 4.69) is 31.9 Å². The molecular weight excluding hydrogens is 366 g/mol. The van der Waals surface area contributed by atoms with Gasteiger partial charge in [-0.25, -0.2) is 0 Å². The zero-order valence-electron chi connectivity index (χ0n) is 8.96. The van der Waals surface area contributed by atoms with Gasteiger partial charge < -0.3 is 5.73 Å². The molecule has 0 saturated heterocycles. The highest BCUT2D eigenvalue weighted by molar-refractivity contribution is 9.11. The highest BCUT2D eigenvalue weighted by atomic mass is 79.9. The van der Waals surface area contributed by atoms with Crippen molar-refractivity contribution in [1.29, 1.82) is 0 Å². The summed E-state index contributed by atoms with van der Waals surface area (Å²) in [6.07, 6.45) is 0. The second kappa shape index (κ2) is 4.92. The predicted octanol–water partition coefficient (Wildman–Crippen LogP) is 4.39. The van der Waals surface area contributed by atoms with Crippen LogP contribution in [0, 0.1) is 6.92 Å². The maximum Gasteiger partial charge on any atom is 0.203 e. The number of nitrogen functional groups attached to an aromatic ring is 1. The lowest BCUT2D eigenvalue weighted by Crippen LogP contribution is -2.04. The van der Waals surface area contributed by atoms with Gasteiger partial charge in [-0.1, -0.05) is 15.9 Å². The summed E-state index contributed by atoms with van der Waals surface area (Å²) < 4.78 is 1.76. The largest absolute Gasteiger partial charge is 0.398 e. The van der Waals surface area contributed by atoms with E-state index in [1.165, 1.54) is 11.3 Å². The lowest BCUT2D eigenvalue weighted by atomic mass is 10.0. The number of thiophene rings is 1. The van der Waals surface area contributed by atoms with Crippen LogP contribution < -0.4 is 5.73 Å². The van der Waals surface area contributed by atoms with Crippen molar-refractivity contribution in [3.05, 3.63) is 48.5 Å². The predicted molar refractivity (Wildman–Crippen MR) is 78.7 cm³/mol. The van der Waals surface area contributed by atoms with Crippen LogP contribution in [0.2, 0.25) is 0 Å². The molecule has 0 radical (unpaired) electrons. The molecule has 0 unspecified atom stereocenters. The third-order valence-corrected chi connectivity index (χ3v) is 4.53. The zero-order valence-corrected chi connectivity index (χ0v) is 12.9. The van der Waals surface area contributed by atoms with Gasteiger partial charge in [0.1, 0.15) is 0 Å². The van der Waals surface area contributed by atoms with Crippen molar-refractivity contribution in [2.45, 2.75) is 6.92 Å². The van der Waals surface area contributed by atoms with Crippen LogP contribution in [0.3, 0.4) is 0 Å². The van der Waals surface area contributed by atoms with Crippen molar-refractivity contribution >= 4 is 54.7 Å². The molecule has 0 spiro atoms. The molecular formula is C12H9Br2NOS. The molecule has 5 heteroatoms. The summed E-state index contributed by atoms with van der Waals surface area (Å²) >= 11 is 8.13. The Labute approximate surface area is 120 Å². The van der Waals surface area contributed by atoms with E-state index in [1.807, 2.05) is 25.1 Å². The third-order valence-electron chi connectivity index (χ3n) is 2.45. The molecule has 0 saturated carbocycles. The lowest BCUT2D eigenvalue weighted by Gasteiger charge is -2.07. The smallest absolute Gasteiger partial charge is 0.203 e. The molecule has 0 atom stereocenters. The van der Waals surface area contributed by atoms with Crippen LogP contribution in [0.4, 0.5) is 5.69 Å². The molecule has 0 aliphatic carbocycles. The summed E-state index contributed by atoms with van der Waals surface area (Å²) in [5.74, 6) is 0.00574. The summed E-state index contributed by atoms with van der Waals surface area (Å²) in [4.78, 5) is 13.0. The van der Waals surface area contributed by atoms with E-state index in [4.69, 9.17) is 5.73 Å². The molecule has 88 valence electrons. The zero-order chi connectivity index (χ0) is 12.6. The average molecular weight is 375 g/mol. The van der Waals surface area contributed by atoms with Crippen LogP contribution in [0.1, 0.15) is 20.8 Å². The van der Waals surface area contributed by atoms with E-state index in [0.29, 0.717) is 16.1 Å². The fraction of sp³-hybridized carbons (Fsp3) is 0.0833. The normalized spacial score (nSPS) is 10.5. The van der Waals surface area contributed by atoms with Crippen LogP contribution >= 0.6 is 43.2 Å². The molecule has 2 aromatic rings. The van der Waals surface area contributed by atoms with Crippen LogP contribution in [0.25, 0.3) is 0 Å². The van der Waals surface area contributed by atoms with Gasteiger partial charge in [-0.15, -0.1) is 11.3 Å². The summed E-state index contributed by atoms with van der Waals surface area (Å²) in [6.45, 7) is 1.86. The molecule has 1 aromatic carbocycles. The summed E-state index contributed by atoms with van der Waals surface area (Å²) in [7, 11) is 0. The lowest BCUT2D eigenvalue weighted by molar-refractivity contribution is 0.104. The number of rotatable bonds is 2. The number of carbonyl (C=O) groups is 1. The van der Waals surface area contributed by atoms with Gasteiger partial charge in [-0.05, 0) is 52.7 Å². The average Bonchev–Trinajstić information content (AvgIpc) is 2.69. The molecule has 1 heterocycles. The first kappa shape index (κ1) is 12.8. The molecule has 0 fully saturated rings. The standard InChI is InChI=1S/C12H9Br2NOS/c1-6-8(4-7(13)5-9(6)15)12(16)10-2-3-11(14)17-10/h2-5H,15H2,1H3. The van der Waals surface area contributed by atoms with E-state index < -0.39 is 0 Å². The first-order valence-electron chi connectivity index (χ1n) is 4.84. The maximum atomic E-state index is 12.3. The highest BCUT2D eigenvalue weighted by Gasteiger charge is 2.15. The monoisotopic (exact) mass is 373 g/mol. The molecule has 0 aliphatic rings.